The van der Waals surface area contributed by atoms with Crippen molar-refractivity contribution in [2.75, 3.05) is 19.7 Å². The number of aliphatic carboxylic acids is 1. The molecule has 2 rings (SSSR count). The van der Waals surface area contributed by atoms with E-state index in [0.717, 1.165) is 17.0 Å². The third kappa shape index (κ3) is 4.10. The number of hydrogen-bond acceptors (Lipinski definition) is 4. The van der Waals surface area contributed by atoms with Crippen LogP contribution in [0.2, 0.25) is 0 Å². The molecular formula is C16H25N3O4. The topological polar surface area (TPSA) is 84.7 Å². The number of carbonyl (C=O) groups excluding carboxylic acids is 1. The number of carbonyl (C=O) groups is 2. The lowest BCUT2D eigenvalue weighted by Crippen LogP contribution is -2.48. The second kappa shape index (κ2) is 7.12. The molecular weight excluding hydrogens is 298 g/mol. The number of aryl methyl sites for hydroxylation is 2. The molecule has 1 N–H and O–H groups in total. The van der Waals surface area contributed by atoms with Gasteiger partial charge in [0.1, 0.15) is 0 Å². The van der Waals surface area contributed by atoms with E-state index in [-0.39, 0.29) is 18.2 Å². The molecule has 1 amide bonds. The Morgan fingerprint density at radius 3 is 2.70 bits per heavy atom. The van der Waals surface area contributed by atoms with Crippen LogP contribution < -0.4 is 0 Å². The Hall–Kier alpha value is -1.89. The Bertz CT molecular complexity index is 596. The van der Waals surface area contributed by atoms with E-state index in [2.05, 4.69) is 5.10 Å². The summed E-state index contributed by atoms with van der Waals surface area (Å²) >= 11 is 0. The van der Waals surface area contributed by atoms with Crippen LogP contribution in [-0.4, -0.2) is 57.5 Å². The largest absolute Gasteiger partial charge is 0.481 e. The van der Waals surface area contributed by atoms with Crippen molar-refractivity contribution in [3.05, 3.63) is 17.0 Å². The van der Waals surface area contributed by atoms with Gasteiger partial charge < -0.3 is 14.7 Å². The molecule has 1 fully saturated rings. The first-order valence-corrected chi connectivity index (χ1v) is 7.90. The number of carboxylic acids is 1. The number of amides is 1. The van der Waals surface area contributed by atoms with Crippen molar-refractivity contribution in [3.63, 3.8) is 0 Å². The minimum Gasteiger partial charge on any atom is -0.481 e. The second-order valence-electron chi connectivity index (χ2n) is 6.25. The fourth-order valence-corrected chi connectivity index (χ4v) is 3.06. The van der Waals surface area contributed by atoms with E-state index in [1.807, 2.05) is 32.5 Å². The number of hydrogen-bond donors (Lipinski definition) is 1. The van der Waals surface area contributed by atoms with Crippen LogP contribution in [0.4, 0.5) is 0 Å². The molecule has 0 bridgehead atoms. The highest BCUT2D eigenvalue weighted by Gasteiger charge is 2.29. The summed E-state index contributed by atoms with van der Waals surface area (Å²) in [4.78, 5) is 25.2. The number of carboxylic acid groups (broad SMARTS) is 1. The van der Waals surface area contributed by atoms with Crippen molar-refractivity contribution in [2.24, 2.45) is 13.0 Å². The first-order chi connectivity index (χ1) is 10.8. The van der Waals surface area contributed by atoms with Crippen molar-refractivity contribution in [1.82, 2.24) is 14.7 Å². The van der Waals surface area contributed by atoms with Crippen molar-refractivity contribution >= 4 is 11.9 Å². The van der Waals surface area contributed by atoms with Crippen LogP contribution >= 0.6 is 0 Å². The Balaban J connectivity index is 2.00. The molecule has 128 valence electrons. The van der Waals surface area contributed by atoms with Crippen LogP contribution in [0.1, 0.15) is 30.3 Å². The smallest absolute Gasteiger partial charge is 0.306 e. The van der Waals surface area contributed by atoms with Crippen molar-refractivity contribution in [2.45, 2.75) is 39.7 Å². The molecule has 1 saturated heterocycles. The van der Waals surface area contributed by atoms with Gasteiger partial charge in [0.05, 0.1) is 24.8 Å². The fraction of sp³-hybridized carbons (Fsp3) is 0.688. The molecule has 23 heavy (non-hydrogen) atoms. The minimum atomic E-state index is -0.904. The molecule has 2 atom stereocenters. The van der Waals surface area contributed by atoms with Gasteiger partial charge in [0.15, 0.2) is 0 Å². The molecule has 7 nitrogen and oxygen atoms in total. The van der Waals surface area contributed by atoms with Gasteiger partial charge in [-0.25, -0.2) is 0 Å². The molecule has 1 aliphatic heterocycles. The third-order valence-electron chi connectivity index (χ3n) is 4.44. The highest BCUT2D eigenvalue weighted by Crippen LogP contribution is 2.19. The Labute approximate surface area is 136 Å². The summed E-state index contributed by atoms with van der Waals surface area (Å²) in [5.41, 5.74) is 3.15. The van der Waals surface area contributed by atoms with Crippen LogP contribution in [0.25, 0.3) is 0 Å². The summed E-state index contributed by atoms with van der Waals surface area (Å²) in [6.45, 7) is 7.13. The van der Waals surface area contributed by atoms with Gasteiger partial charge in [-0.05, 0) is 25.8 Å². The average Bonchev–Trinajstić information content (AvgIpc) is 2.72. The van der Waals surface area contributed by atoms with Gasteiger partial charge in [-0.1, -0.05) is 6.92 Å². The Morgan fingerprint density at radius 2 is 2.13 bits per heavy atom. The maximum absolute atomic E-state index is 12.7. The van der Waals surface area contributed by atoms with E-state index in [9.17, 15) is 9.59 Å². The van der Waals surface area contributed by atoms with Crippen LogP contribution in [0.15, 0.2) is 0 Å². The second-order valence-corrected chi connectivity index (χ2v) is 6.25. The number of morpholine rings is 1. The Kier molecular flexibility index (Phi) is 5.41. The zero-order valence-corrected chi connectivity index (χ0v) is 14.2. The first kappa shape index (κ1) is 17.5. The van der Waals surface area contributed by atoms with Crippen LogP contribution in [0.3, 0.4) is 0 Å². The monoisotopic (exact) mass is 323 g/mol. The summed E-state index contributed by atoms with van der Waals surface area (Å²) in [5.74, 6) is -1.02. The van der Waals surface area contributed by atoms with Gasteiger partial charge in [0.25, 0.3) is 0 Å². The van der Waals surface area contributed by atoms with E-state index in [1.165, 1.54) is 0 Å². The standard InChI is InChI=1S/C16H25N3O4/c1-10(7-14-11(2)17-18(4)12(14)3)16(22)19-5-6-23-13(9-19)8-15(20)21/h10,13H,5-9H2,1-4H3,(H,20,21)/t10-,13-/m0/s1. The molecule has 2 heterocycles. The lowest BCUT2D eigenvalue weighted by atomic mass is 9.98. The third-order valence-corrected chi connectivity index (χ3v) is 4.44. The van der Waals surface area contributed by atoms with Gasteiger partial charge >= 0.3 is 5.97 Å². The van der Waals surface area contributed by atoms with Gasteiger partial charge in [0.2, 0.25) is 5.91 Å². The maximum atomic E-state index is 12.7. The summed E-state index contributed by atoms with van der Waals surface area (Å²) in [7, 11) is 1.90. The molecule has 0 radical (unpaired) electrons. The average molecular weight is 323 g/mol. The normalized spacial score (nSPS) is 19.7. The zero-order valence-electron chi connectivity index (χ0n) is 14.2. The number of aromatic nitrogens is 2. The van der Waals surface area contributed by atoms with Gasteiger partial charge in [-0.2, -0.15) is 5.10 Å². The van der Waals surface area contributed by atoms with Crippen molar-refractivity contribution < 1.29 is 19.4 Å². The van der Waals surface area contributed by atoms with E-state index in [4.69, 9.17) is 9.84 Å². The molecule has 1 aliphatic rings. The molecule has 0 saturated carbocycles. The summed E-state index contributed by atoms with van der Waals surface area (Å²) in [6.07, 6.45) is 0.156. The van der Waals surface area contributed by atoms with E-state index >= 15 is 0 Å². The first-order valence-electron chi connectivity index (χ1n) is 7.90. The highest BCUT2D eigenvalue weighted by molar-refractivity contribution is 5.79. The molecule has 7 heteroatoms. The van der Waals surface area contributed by atoms with Gasteiger partial charge in [-0.3, -0.25) is 14.3 Å². The predicted octanol–water partition coefficient (Wildman–Crippen LogP) is 0.918. The van der Waals surface area contributed by atoms with E-state index in [0.29, 0.717) is 26.1 Å². The minimum absolute atomic E-state index is 0.0475. The molecule has 1 aromatic heterocycles. The van der Waals surface area contributed by atoms with E-state index < -0.39 is 12.1 Å². The number of rotatable bonds is 5. The number of ether oxygens (including phenoxy) is 1. The highest BCUT2D eigenvalue weighted by atomic mass is 16.5. The van der Waals surface area contributed by atoms with Crippen LogP contribution in [-0.2, 0) is 27.8 Å². The van der Waals surface area contributed by atoms with E-state index in [1.54, 1.807) is 4.90 Å². The van der Waals surface area contributed by atoms with Gasteiger partial charge in [-0.15, -0.1) is 0 Å². The van der Waals surface area contributed by atoms with Gasteiger partial charge in [0, 0.05) is 31.7 Å². The quantitative estimate of drug-likeness (QED) is 0.871. The molecule has 1 aromatic rings. The Morgan fingerprint density at radius 1 is 1.43 bits per heavy atom. The molecule has 0 aromatic carbocycles. The molecule has 0 spiro atoms. The molecule has 0 unspecified atom stereocenters. The summed E-state index contributed by atoms with van der Waals surface area (Å²) < 4.78 is 7.25. The SMILES string of the molecule is Cc1nn(C)c(C)c1C[C@H](C)C(=O)N1CCO[C@@H](CC(=O)O)C1. The van der Waals surface area contributed by atoms with Crippen LogP contribution in [0.5, 0.6) is 0 Å². The lowest BCUT2D eigenvalue weighted by Gasteiger charge is -2.34. The lowest BCUT2D eigenvalue weighted by molar-refractivity contribution is -0.149. The molecule has 0 aliphatic carbocycles. The predicted molar refractivity (Wildman–Crippen MR) is 84.1 cm³/mol. The van der Waals surface area contributed by atoms with Crippen molar-refractivity contribution in [3.8, 4) is 0 Å². The maximum Gasteiger partial charge on any atom is 0.306 e. The summed E-state index contributed by atoms with van der Waals surface area (Å²) in [5, 5.41) is 13.3. The van der Waals surface area contributed by atoms with Crippen molar-refractivity contribution in [1.29, 1.82) is 0 Å². The number of nitrogens with zero attached hydrogens (tertiary/aromatic N) is 3. The summed E-state index contributed by atoms with van der Waals surface area (Å²) in [6, 6.07) is 0. The van der Waals surface area contributed by atoms with Crippen LogP contribution in [0, 0.1) is 19.8 Å². The fourth-order valence-electron chi connectivity index (χ4n) is 3.06. The zero-order chi connectivity index (χ0) is 17.1.